The van der Waals surface area contributed by atoms with Crippen LogP contribution in [0.5, 0.6) is 0 Å². The second-order valence-electron chi connectivity index (χ2n) is 3.90. The van der Waals surface area contributed by atoms with Crippen LogP contribution >= 0.6 is 0 Å². The summed E-state index contributed by atoms with van der Waals surface area (Å²) >= 11 is 0. The molecule has 94 valence electrons. The highest BCUT2D eigenvalue weighted by atomic mass is 16.2. The molecule has 17 heavy (non-hydrogen) atoms. The van der Waals surface area contributed by atoms with Gasteiger partial charge in [0.2, 0.25) is 0 Å². The van der Waals surface area contributed by atoms with Crippen LogP contribution in [0, 0.1) is 0 Å². The Morgan fingerprint density at radius 3 is 2.76 bits per heavy atom. The van der Waals surface area contributed by atoms with Gasteiger partial charge in [0.05, 0.1) is 0 Å². The molecular weight excluding hydrogens is 216 g/mol. The number of aromatic nitrogens is 1. The van der Waals surface area contributed by atoms with Gasteiger partial charge in [0.1, 0.15) is 11.5 Å². The second kappa shape index (κ2) is 6.20. The zero-order valence-corrected chi connectivity index (χ0v) is 10.6. The summed E-state index contributed by atoms with van der Waals surface area (Å²) in [5.41, 5.74) is 2.86. The van der Waals surface area contributed by atoms with Crippen molar-refractivity contribution in [1.82, 2.24) is 9.88 Å². The number of amides is 1. The fourth-order valence-electron chi connectivity index (χ4n) is 1.66. The van der Waals surface area contributed by atoms with E-state index in [1.54, 1.807) is 18.2 Å². The van der Waals surface area contributed by atoms with Gasteiger partial charge in [-0.15, -0.1) is 0 Å². The van der Waals surface area contributed by atoms with Crippen molar-refractivity contribution in [3.8, 4) is 0 Å². The van der Waals surface area contributed by atoms with Crippen molar-refractivity contribution >= 4 is 11.7 Å². The molecule has 5 heteroatoms. The Morgan fingerprint density at radius 2 is 2.24 bits per heavy atom. The summed E-state index contributed by atoms with van der Waals surface area (Å²) in [5, 5.41) is 0. The summed E-state index contributed by atoms with van der Waals surface area (Å²) in [6.07, 6.45) is 0.925. The predicted octanol–water partition coefficient (Wildman–Crippen LogP) is 1.63. The monoisotopic (exact) mass is 236 g/mol. The molecule has 0 aromatic carbocycles. The Hall–Kier alpha value is -1.62. The van der Waals surface area contributed by atoms with Gasteiger partial charge in [-0.2, -0.15) is 0 Å². The topological polar surface area (TPSA) is 71.2 Å². The number of carbonyl (C=O) groups excluding carboxylic acids is 1. The lowest BCUT2D eigenvalue weighted by Crippen LogP contribution is -2.38. The van der Waals surface area contributed by atoms with Crippen molar-refractivity contribution in [2.75, 3.05) is 12.0 Å². The van der Waals surface area contributed by atoms with Crippen LogP contribution in [0.3, 0.4) is 0 Å². The lowest BCUT2D eigenvalue weighted by molar-refractivity contribution is 0.0694. The minimum Gasteiger partial charge on any atom is -0.335 e. The fraction of sp³-hybridized carbons (Fsp3) is 0.500. The largest absolute Gasteiger partial charge is 0.335 e. The molecule has 0 radical (unpaired) electrons. The molecule has 0 fully saturated rings. The molecule has 0 bridgehead atoms. The molecule has 0 aliphatic heterocycles. The average molecular weight is 236 g/mol. The molecule has 1 aromatic rings. The van der Waals surface area contributed by atoms with Crippen LogP contribution in [-0.2, 0) is 0 Å². The first-order chi connectivity index (χ1) is 8.13. The number of hydrazine groups is 1. The van der Waals surface area contributed by atoms with E-state index < -0.39 is 0 Å². The number of carbonyl (C=O) groups is 1. The zero-order valence-electron chi connectivity index (χ0n) is 10.6. The average Bonchev–Trinajstić information content (AvgIpc) is 2.39. The molecule has 5 nitrogen and oxygen atoms in total. The van der Waals surface area contributed by atoms with Gasteiger partial charge in [0.15, 0.2) is 0 Å². The molecule has 0 saturated carbocycles. The molecule has 3 N–H and O–H groups in total. The molecule has 0 aliphatic carbocycles. The maximum atomic E-state index is 12.2. The van der Waals surface area contributed by atoms with Crippen LogP contribution in [-0.4, -0.2) is 28.4 Å². The van der Waals surface area contributed by atoms with Gasteiger partial charge in [0.25, 0.3) is 5.91 Å². The number of anilines is 1. The first-order valence-corrected chi connectivity index (χ1v) is 5.88. The van der Waals surface area contributed by atoms with E-state index in [1.807, 2.05) is 18.7 Å². The summed E-state index contributed by atoms with van der Waals surface area (Å²) < 4.78 is 0. The quantitative estimate of drug-likeness (QED) is 0.602. The van der Waals surface area contributed by atoms with Crippen LogP contribution in [0.4, 0.5) is 5.82 Å². The third-order valence-corrected chi connectivity index (χ3v) is 2.84. The number of nitrogens with one attached hydrogen (secondary N) is 1. The standard InChI is InChI=1S/C12H20N4O/c1-4-9(3)16(5-2)12(17)10-7-6-8-11(14-10)15-13/h6-9H,4-5,13H2,1-3H3,(H,14,15). The number of rotatable bonds is 5. The van der Waals surface area contributed by atoms with Crippen LogP contribution in [0.1, 0.15) is 37.7 Å². The van der Waals surface area contributed by atoms with Gasteiger partial charge in [0, 0.05) is 12.6 Å². The molecule has 1 heterocycles. The van der Waals surface area contributed by atoms with E-state index in [0.29, 0.717) is 18.1 Å². The molecule has 0 saturated heterocycles. The van der Waals surface area contributed by atoms with Crippen molar-refractivity contribution in [2.24, 2.45) is 5.84 Å². The van der Waals surface area contributed by atoms with Crippen LogP contribution in [0.25, 0.3) is 0 Å². The third-order valence-electron chi connectivity index (χ3n) is 2.84. The minimum absolute atomic E-state index is 0.0565. The summed E-state index contributed by atoms with van der Waals surface area (Å²) in [5.74, 6) is 5.72. The highest BCUT2D eigenvalue weighted by molar-refractivity contribution is 5.92. The number of hydrogen-bond acceptors (Lipinski definition) is 4. The van der Waals surface area contributed by atoms with Gasteiger partial charge in [-0.05, 0) is 32.4 Å². The maximum Gasteiger partial charge on any atom is 0.272 e. The van der Waals surface area contributed by atoms with E-state index in [4.69, 9.17) is 5.84 Å². The van der Waals surface area contributed by atoms with E-state index in [1.165, 1.54) is 0 Å². The van der Waals surface area contributed by atoms with Gasteiger partial charge in [-0.25, -0.2) is 10.8 Å². The molecule has 1 aromatic heterocycles. The summed E-state index contributed by atoms with van der Waals surface area (Å²) in [4.78, 5) is 18.2. The zero-order chi connectivity index (χ0) is 12.8. The Morgan fingerprint density at radius 1 is 1.53 bits per heavy atom. The normalized spacial score (nSPS) is 12.0. The van der Waals surface area contributed by atoms with Gasteiger partial charge in [-0.3, -0.25) is 4.79 Å². The van der Waals surface area contributed by atoms with Crippen molar-refractivity contribution < 1.29 is 4.79 Å². The van der Waals surface area contributed by atoms with E-state index in [-0.39, 0.29) is 11.9 Å². The second-order valence-corrected chi connectivity index (χ2v) is 3.90. The lowest BCUT2D eigenvalue weighted by atomic mass is 10.2. The molecule has 1 unspecified atom stereocenters. The minimum atomic E-state index is -0.0565. The van der Waals surface area contributed by atoms with E-state index in [0.717, 1.165) is 6.42 Å². The first kappa shape index (κ1) is 13.4. The van der Waals surface area contributed by atoms with Crippen molar-refractivity contribution in [3.05, 3.63) is 23.9 Å². The molecule has 1 rings (SSSR count). The number of nitrogen functional groups attached to an aromatic ring is 1. The summed E-state index contributed by atoms with van der Waals surface area (Å²) in [6, 6.07) is 5.40. The smallest absolute Gasteiger partial charge is 0.272 e. The van der Waals surface area contributed by atoms with Crippen LogP contribution < -0.4 is 11.3 Å². The Balaban J connectivity index is 2.93. The molecular formula is C12H20N4O. The molecule has 1 amide bonds. The van der Waals surface area contributed by atoms with Gasteiger partial charge < -0.3 is 10.3 Å². The number of nitrogens with two attached hydrogens (primary N) is 1. The fourth-order valence-corrected chi connectivity index (χ4v) is 1.66. The Bertz CT molecular complexity index is 381. The number of nitrogens with zero attached hydrogens (tertiary/aromatic N) is 2. The molecule has 1 atom stereocenters. The van der Waals surface area contributed by atoms with E-state index in [2.05, 4.69) is 17.3 Å². The van der Waals surface area contributed by atoms with Gasteiger partial charge >= 0.3 is 0 Å². The molecule has 0 aliphatic rings. The van der Waals surface area contributed by atoms with Gasteiger partial charge in [-0.1, -0.05) is 13.0 Å². The lowest BCUT2D eigenvalue weighted by Gasteiger charge is -2.26. The summed E-state index contributed by atoms with van der Waals surface area (Å²) in [7, 11) is 0. The number of hydrogen-bond donors (Lipinski definition) is 2. The maximum absolute atomic E-state index is 12.2. The number of pyridine rings is 1. The van der Waals surface area contributed by atoms with Crippen LogP contribution in [0.2, 0.25) is 0 Å². The Labute approximate surface area is 102 Å². The highest BCUT2D eigenvalue weighted by Crippen LogP contribution is 2.10. The van der Waals surface area contributed by atoms with E-state index in [9.17, 15) is 4.79 Å². The van der Waals surface area contributed by atoms with Crippen LogP contribution in [0.15, 0.2) is 18.2 Å². The van der Waals surface area contributed by atoms with Crippen molar-refractivity contribution in [1.29, 1.82) is 0 Å². The third kappa shape index (κ3) is 3.17. The first-order valence-electron chi connectivity index (χ1n) is 5.88. The summed E-state index contributed by atoms with van der Waals surface area (Å²) in [6.45, 7) is 6.74. The molecule has 0 spiro atoms. The highest BCUT2D eigenvalue weighted by Gasteiger charge is 2.19. The van der Waals surface area contributed by atoms with Crippen molar-refractivity contribution in [2.45, 2.75) is 33.2 Å². The van der Waals surface area contributed by atoms with Crippen molar-refractivity contribution in [3.63, 3.8) is 0 Å². The predicted molar refractivity (Wildman–Crippen MR) is 68.5 cm³/mol. The Kier molecular flexibility index (Phi) is 4.90. The van der Waals surface area contributed by atoms with E-state index >= 15 is 0 Å². The SMILES string of the molecule is CCC(C)N(CC)C(=O)c1cccc(NN)n1.